The van der Waals surface area contributed by atoms with Crippen molar-refractivity contribution in [3.8, 4) is 5.75 Å². The highest BCUT2D eigenvalue weighted by atomic mass is 16.3. The summed E-state index contributed by atoms with van der Waals surface area (Å²) in [6, 6.07) is 8.64. The molecule has 104 valence electrons. The Morgan fingerprint density at radius 2 is 2.05 bits per heavy atom. The lowest BCUT2D eigenvalue weighted by Gasteiger charge is -2.17. The van der Waals surface area contributed by atoms with Gasteiger partial charge in [-0.15, -0.1) is 0 Å². The number of pyridine rings is 1. The minimum atomic E-state index is -0.434. The first-order valence-corrected chi connectivity index (χ1v) is 6.22. The summed E-state index contributed by atoms with van der Waals surface area (Å²) in [5.74, 6) is -0.568. The Morgan fingerprint density at radius 1 is 1.30 bits per heavy atom. The van der Waals surface area contributed by atoms with E-state index >= 15 is 0 Å². The van der Waals surface area contributed by atoms with Crippen LogP contribution in [0.1, 0.15) is 16.1 Å². The van der Waals surface area contributed by atoms with Gasteiger partial charge in [-0.05, 0) is 36.8 Å². The average Bonchev–Trinajstić information content (AvgIpc) is 2.41. The van der Waals surface area contributed by atoms with Crippen LogP contribution in [0.4, 0.5) is 11.4 Å². The van der Waals surface area contributed by atoms with E-state index in [-0.39, 0.29) is 11.4 Å². The van der Waals surface area contributed by atoms with Gasteiger partial charge >= 0.3 is 0 Å². The minimum Gasteiger partial charge on any atom is -0.505 e. The molecular weight excluding hydrogens is 254 g/mol. The largest absolute Gasteiger partial charge is 0.505 e. The highest BCUT2D eigenvalue weighted by Gasteiger charge is 2.13. The average molecular weight is 271 g/mol. The van der Waals surface area contributed by atoms with Gasteiger partial charge in [-0.3, -0.25) is 4.79 Å². The van der Waals surface area contributed by atoms with Crippen molar-refractivity contribution in [1.82, 2.24) is 4.98 Å². The second-order valence-corrected chi connectivity index (χ2v) is 4.72. The van der Waals surface area contributed by atoms with Gasteiger partial charge in [0.25, 0.3) is 5.91 Å². The van der Waals surface area contributed by atoms with Crippen LogP contribution in [0.5, 0.6) is 5.75 Å². The molecule has 0 aliphatic carbocycles. The number of amides is 1. The van der Waals surface area contributed by atoms with E-state index in [0.29, 0.717) is 5.69 Å². The second-order valence-electron chi connectivity index (χ2n) is 4.72. The van der Waals surface area contributed by atoms with Crippen LogP contribution in [0.2, 0.25) is 0 Å². The summed E-state index contributed by atoms with van der Waals surface area (Å²) < 4.78 is 0. The fourth-order valence-electron chi connectivity index (χ4n) is 1.93. The standard InChI is InChI=1S/C15H17N3O2/c1-10-6-7-11(9-12(10)18(2)3)17-15(20)14-13(19)5-4-8-16-14/h4-9,19H,1-3H3,(H,17,20). The number of nitrogens with one attached hydrogen (secondary N) is 1. The quantitative estimate of drug-likeness (QED) is 0.899. The Hall–Kier alpha value is -2.56. The van der Waals surface area contributed by atoms with Crippen molar-refractivity contribution in [2.24, 2.45) is 0 Å². The molecule has 0 saturated carbocycles. The van der Waals surface area contributed by atoms with Crippen LogP contribution in [0.25, 0.3) is 0 Å². The van der Waals surface area contributed by atoms with E-state index in [1.54, 1.807) is 6.07 Å². The monoisotopic (exact) mass is 271 g/mol. The van der Waals surface area contributed by atoms with Crippen molar-refractivity contribution in [1.29, 1.82) is 0 Å². The lowest BCUT2D eigenvalue weighted by molar-refractivity contribution is 0.101. The van der Waals surface area contributed by atoms with Crippen LogP contribution in [-0.2, 0) is 0 Å². The van der Waals surface area contributed by atoms with Crippen molar-refractivity contribution >= 4 is 17.3 Å². The fraction of sp³-hybridized carbons (Fsp3) is 0.200. The van der Waals surface area contributed by atoms with Crippen molar-refractivity contribution < 1.29 is 9.90 Å². The molecule has 0 radical (unpaired) electrons. The maximum atomic E-state index is 12.1. The number of nitrogens with zero attached hydrogens (tertiary/aromatic N) is 2. The maximum Gasteiger partial charge on any atom is 0.278 e. The van der Waals surface area contributed by atoms with Crippen LogP contribution in [0.15, 0.2) is 36.5 Å². The van der Waals surface area contributed by atoms with Gasteiger partial charge in [0.05, 0.1) is 0 Å². The Labute approximate surface area is 117 Å². The molecule has 0 fully saturated rings. The number of rotatable bonds is 3. The van der Waals surface area contributed by atoms with Crippen molar-refractivity contribution in [2.75, 3.05) is 24.3 Å². The Kier molecular flexibility index (Phi) is 3.89. The molecule has 1 aromatic heterocycles. The summed E-state index contributed by atoms with van der Waals surface area (Å²) in [5.41, 5.74) is 2.82. The SMILES string of the molecule is Cc1ccc(NC(=O)c2ncccc2O)cc1N(C)C. The molecule has 1 amide bonds. The summed E-state index contributed by atoms with van der Waals surface area (Å²) in [7, 11) is 3.89. The third-order valence-corrected chi connectivity index (χ3v) is 2.95. The van der Waals surface area contributed by atoms with E-state index < -0.39 is 5.91 Å². The molecule has 0 spiro atoms. The minimum absolute atomic E-state index is 0.0134. The number of carbonyl (C=O) groups excluding carboxylic acids is 1. The fourth-order valence-corrected chi connectivity index (χ4v) is 1.93. The van der Waals surface area contributed by atoms with Crippen molar-refractivity contribution in [3.05, 3.63) is 47.8 Å². The maximum absolute atomic E-state index is 12.1. The molecule has 5 heteroatoms. The summed E-state index contributed by atoms with van der Waals surface area (Å²) in [6.07, 6.45) is 1.47. The number of anilines is 2. The Balaban J connectivity index is 2.25. The number of benzene rings is 1. The normalized spacial score (nSPS) is 10.2. The van der Waals surface area contributed by atoms with Crippen molar-refractivity contribution in [2.45, 2.75) is 6.92 Å². The third-order valence-electron chi connectivity index (χ3n) is 2.95. The molecule has 0 aliphatic heterocycles. The molecule has 2 N–H and O–H groups in total. The highest BCUT2D eigenvalue weighted by molar-refractivity contribution is 6.04. The van der Waals surface area contributed by atoms with E-state index in [1.807, 2.05) is 44.1 Å². The van der Waals surface area contributed by atoms with Gasteiger partial charge in [-0.25, -0.2) is 4.98 Å². The topological polar surface area (TPSA) is 65.5 Å². The number of aromatic nitrogens is 1. The lowest BCUT2D eigenvalue weighted by Crippen LogP contribution is -2.15. The highest BCUT2D eigenvalue weighted by Crippen LogP contribution is 2.23. The van der Waals surface area contributed by atoms with E-state index in [1.165, 1.54) is 12.3 Å². The Bertz CT molecular complexity index is 639. The van der Waals surface area contributed by atoms with Crippen LogP contribution in [-0.4, -0.2) is 30.1 Å². The molecule has 0 atom stereocenters. The van der Waals surface area contributed by atoms with Gasteiger partial charge < -0.3 is 15.3 Å². The third kappa shape index (κ3) is 2.88. The van der Waals surface area contributed by atoms with Crippen LogP contribution in [0, 0.1) is 6.92 Å². The van der Waals surface area contributed by atoms with Gasteiger partial charge in [0.2, 0.25) is 0 Å². The number of hydrogen-bond donors (Lipinski definition) is 2. The van der Waals surface area contributed by atoms with E-state index in [4.69, 9.17) is 0 Å². The molecule has 2 aromatic rings. The van der Waals surface area contributed by atoms with E-state index in [0.717, 1.165) is 11.3 Å². The zero-order valence-electron chi connectivity index (χ0n) is 11.7. The lowest BCUT2D eigenvalue weighted by atomic mass is 10.1. The summed E-state index contributed by atoms with van der Waals surface area (Å²) in [5, 5.41) is 12.3. The predicted molar refractivity (Wildman–Crippen MR) is 79.4 cm³/mol. The summed E-state index contributed by atoms with van der Waals surface area (Å²) >= 11 is 0. The van der Waals surface area contributed by atoms with Crippen molar-refractivity contribution in [3.63, 3.8) is 0 Å². The number of aryl methyl sites for hydroxylation is 1. The predicted octanol–water partition coefficient (Wildman–Crippen LogP) is 2.41. The smallest absolute Gasteiger partial charge is 0.278 e. The molecule has 20 heavy (non-hydrogen) atoms. The zero-order chi connectivity index (χ0) is 14.7. The Morgan fingerprint density at radius 3 is 2.70 bits per heavy atom. The first-order chi connectivity index (χ1) is 9.49. The first-order valence-electron chi connectivity index (χ1n) is 6.22. The molecule has 0 aliphatic rings. The van der Waals surface area contributed by atoms with Gasteiger partial charge in [0.15, 0.2) is 5.69 Å². The number of aromatic hydroxyl groups is 1. The van der Waals surface area contributed by atoms with Gasteiger partial charge in [0, 0.05) is 31.7 Å². The summed E-state index contributed by atoms with van der Waals surface area (Å²) in [4.78, 5) is 17.9. The summed E-state index contributed by atoms with van der Waals surface area (Å²) in [6.45, 7) is 2.01. The van der Waals surface area contributed by atoms with E-state index in [2.05, 4.69) is 10.3 Å². The van der Waals surface area contributed by atoms with Gasteiger partial charge in [0.1, 0.15) is 5.75 Å². The molecule has 0 unspecified atom stereocenters. The van der Waals surface area contributed by atoms with Gasteiger partial charge in [-0.2, -0.15) is 0 Å². The molecule has 5 nitrogen and oxygen atoms in total. The number of carbonyl (C=O) groups is 1. The molecular formula is C15H17N3O2. The zero-order valence-corrected chi connectivity index (χ0v) is 11.7. The van der Waals surface area contributed by atoms with Gasteiger partial charge in [-0.1, -0.05) is 6.07 Å². The molecule has 1 aromatic carbocycles. The molecule has 2 rings (SSSR count). The molecule has 0 bridgehead atoms. The van der Waals surface area contributed by atoms with Crippen LogP contribution in [0.3, 0.4) is 0 Å². The second kappa shape index (κ2) is 5.61. The first kappa shape index (κ1) is 13.9. The van der Waals surface area contributed by atoms with Crippen LogP contribution >= 0.6 is 0 Å². The van der Waals surface area contributed by atoms with E-state index in [9.17, 15) is 9.90 Å². The number of hydrogen-bond acceptors (Lipinski definition) is 4. The molecule has 1 heterocycles. The molecule has 0 saturated heterocycles. The van der Waals surface area contributed by atoms with Crippen LogP contribution < -0.4 is 10.2 Å².